The van der Waals surface area contributed by atoms with E-state index in [2.05, 4.69) is 5.32 Å². The highest BCUT2D eigenvalue weighted by Gasteiger charge is 2.46. The average molecular weight is 309 g/mol. The molecule has 0 radical (unpaired) electrons. The summed E-state index contributed by atoms with van der Waals surface area (Å²) in [6.45, 7) is 0.859. The Labute approximate surface area is 136 Å². The summed E-state index contributed by atoms with van der Waals surface area (Å²) in [6.07, 6.45) is 1.01. The SMILES string of the molecule is [2H]C([2H])([2H])SC1([2H])CC2(CCN[C@H](c3ccc(C(=O)OC)cc3)C2)C1. The Kier molecular flexibility index (Phi) is 3.06. The van der Waals surface area contributed by atoms with Crippen molar-refractivity contribution >= 4 is 17.7 Å². The molecule has 114 valence electrons. The van der Waals surface area contributed by atoms with Crippen LogP contribution in [0, 0.1) is 5.41 Å². The number of ether oxygens (including phenoxy) is 1. The Bertz CT molecular complexity index is 641. The molecule has 0 amide bonds. The predicted molar refractivity (Wildman–Crippen MR) is 86.7 cm³/mol. The van der Waals surface area contributed by atoms with Crippen molar-refractivity contribution < 1.29 is 15.0 Å². The Morgan fingerprint density at radius 2 is 2.19 bits per heavy atom. The van der Waals surface area contributed by atoms with Crippen molar-refractivity contribution in [3.05, 3.63) is 35.4 Å². The van der Waals surface area contributed by atoms with E-state index in [4.69, 9.17) is 10.2 Å². The van der Waals surface area contributed by atoms with Crippen molar-refractivity contribution in [1.82, 2.24) is 5.32 Å². The fourth-order valence-corrected chi connectivity index (χ4v) is 4.26. The highest BCUT2D eigenvalue weighted by molar-refractivity contribution is 7.99. The molecule has 21 heavy (non-hydrogen) atoms. The number of hydrogen-bond donors (Lipinski definition) is 1. The van der Waals surface area contributed by atoms with E-state index in [-0.39, 0.29) is 17.4 Å². The van der Waals surface area contributed by atoms with E-state index in [1.165, 1.54) is 7.11 Å². The fraction of sp³-hybridized carbons (Fsp3) is 0.588. The number of thioether (sulfide) groups is 1. The molecule has 4 heteroatoms. The van der Waals surface area contributed by atoms with Crippen LogP contribution in [0.5, 0.6) is 0 Å². The first-order chi connectivity index (χ1) is 11.6. The van der Waals surface area contributed by atoms with E-state index >= 15 is 0 Å². The zero-order chi connectivity index (χ0) is 18.3. The number of methoxy groups -OCH3 is 1. The Balaban J connectivity index is 1.65. The van der Waals surface area contributed by atoms with Gasteiger partial charge in [0.15, 0.2) is 0 Å². The van der Waals surface area contributed by atoms with Crippen LogP contribution in [0.3, 0.4) is 0 Å². The highest BCUT2D eigenvalue weighted by Crippen LogP contribution is 2.54. The van der Waals surface area contributed by atoms with Crippen LogP contribution >= 0.6 is 11.8 Å². The molecule has 2 fully saturated rings. The Morgan fingerprint density at radius 1 is 1.43 bits per heavy atom. The van der Waals surface area contributed by atoms with E-state index in [0.29, 0.717) is 18.4 Å². The van der Waals surface area contributed by atoms with Gasteiger partial charge in [0.25, 0.3) is 0 Å². The van der Waals surface area contributed by atoms with Crippen LogP contribution in [-0.4, -0.2) is 31.0 Å². The van der Waals surface area contributed by atoms with Gasteiger partial charge >= 0.3 is 5.97 Å². The van der Waals surface area contributed by atoms with Crippen molar-refractivity contribution in [2.45, 2.75) is 37.0 Å². The molecule has 1 aromatic carbocycles. The maximum absolute atomic E-state index is 11.5. The van der Waals surface area contributed by atoms with Gasteiger partial charge in [-0.15, -0.1) is 0 Å². The lowest BCUT2D eigenvalue weighted by atomic mass is 9.61. The fourth-order valence-electron chi connectivity index (χ4n) is 3.50. The van der Waals surface area contributed by atoms with Crippen molar-refractivity contribution in [3.63, 3.8) is 0 Å². The van der Waals surface area contributed by atoms with Gasteiger partial charge < -0.3 is 10.1 Å². The summed E-state index contributed by atoms with van der Waals surface area (Å²) in [4.78, 5) is 11.5. The van der Waals surface area contributed by atoms with E-state index in [0.717, 1.165) is 36.7 Å². The predicted octanol–water partition coefficient (Wildman–Crippen LogP) is 3.41. The molecule has 3 rings (SSSR count). The second kappa shape index (κ2) is 6.01. The molecule has 1 saturated carbocycles. The smallest absolute Gasteiger partial charge is 0.337 e. The molecule has 1 aliphatic carbocycles. The topological polar surface area (TPSA) is 38.3 Å². The van der Waals surface area contributed by atoms with Gasteiger partial charge in [-0.05, 0) is 61.5 Å². The lowest BCUT2D eigenvalue weighted by molar-refractivity contribution is 0.0600. The first kappa shape index (κ1) is 10.7. The van der Waals surface area contributed by atoms with Crippen LogP contribution in [0.25, 0.3) is 0 Å². The van der Waals surface area contributed by atoms with Gasteiger partial charge in [-0.2, -0.15) is 11.8 Å². The van der Waals surface area contributed by atoms with E-state index < -0.39 is 11.4 Å². The second-order valence-corrected chi connectivity index (χ2v) is 6.85. The van der Waals surface area contributed by atoms with Crippen LogP contribution in [0.15, 0.2) is 24.3 Å². The van der Waals surface area contributed by atoms with Gasteiger partial charge in [0.05, 0.1) is 12.7 Å². The average Bonchev–Trinajstić information content (AvgIpc) is 2.51. The molecule has 1 aromatic rings. The normalized spacial score (nSPS) is 38.6. The summed E-state index contributed by atoms with van der Waals surface area (Å²) in [6, 6.07) is 7.58. The number of hydrogen-bond acceptors (Lipinski definition) is 4. The summed E-state index contributed by atoms with van der Waals surface area (Å²) in [5.41, 5.74) is 1.69. The van der Waals surface area contributed by atoms with Gasteiger partial charge in [0.2, 0.25) is 0 Å². The van der Waals surface area contributed by atoms with Crippen molar-refractivity contribution in [2.75, 3.05) is 19.8 Å². The molecule has 1 saturated heterocycles. The monoisotopic (exact) mass is 309 g/mol. The number of esters is 1. The summed E-state index contributed by atoms with van der Waals surface area (Å²) in [5, 5.41) is 2.61. The third kappa shape index (κ3) is 2.97. The van der Waals surface area contributed by atoms with Crippen molar-refractivity contribution in [2.24, 2.45) is 5.41 Å². The zero-order valence-electron chi connectivity index (χ0n) is 16.1. The molecule has 0 unspecified atom stereocenters. The Hall–Kier alpha value is -1.00. The van der Waals surface area contributed by atoms with Gasteiger partial charge in [-0.25, -0.2) is 4.79 Å². The molecule has 0 bridgehead atoms. The molecule has 1 atom stereocenters. The van der Waals surface area contributed by atoms with Crippen LogP contribution < -0.4 is 5.32 Å². The zero-order valence-corrected chi connectivity index (χ0v) is 13.0. The summed E-state index contributed by atoms with van der Waals surface area (Å²) < 4.78 is 35.3. The molecular weight excluding hydrogens is 282 g/mol. The van der Waals surface area contributed by atoms with Crippen LogP contribution in [-0.2, 0) is 4.74 Å². The van der Waals surface area contributed by atoms with Crippen molar-refractivity contribution in [3.8, 4) is 0 Å². The van der Waals surface area contributed by atoms with Crippen LogP contribution in [0.4, 0.5) is 0 Å². The van der Waals surface area contributed by atoms with Gasteiger partial charge in [-0.3, -0.25) is 0 Å². The first-order valence-corrected chi connectivity index (χ1v) is 8.07. The third-order valence-electron chi connectivity index (χ3n) is 4.71. The molecule has 1 N–H and O–H groups in total. The second-order valence-electron chi connectivity index (χ2n) is 6.07. The van der Waals surface area contributed by atoms with Crippen molar-refractivity contribution in [1.29, 1.82) is 0 Å². The van der Waals surface area contributed by atoms with E-state index in [1.54, 1.807) is 12.1 Å². The summed E-state index contributed by atoms with van der Waals surface area (Å²) in [5.74, 6) is -0.348. The number of carbonyl (C=O) groups is 1. The molecule has 1 spiro atoms. The summed E-state index contributed by atoms with van der Waals surface area (Å²) >= 11 is 0.813. The number of carbonyl (C=O) groups excluding carboxylic acids is 1. The van der Waals surface area contributed by atoms with E-state index in [9.17, 15) is 4.79 Å². The minimum atomic E-state index is -2.11. The molecule has 2 aliphatic rings. The lowest BCUT2D eigenvalue weighted by Gasteiger charge is -2.52. The molecule has 0 aromatic heterocycles. The first-order valence-electron chi connectivity index (χ1n) is 9.26. The van der Waals surface area contributed by atoms with Crippen LogP contribution in [0.2, 0.25) is 0 Å². The lowest BCUT2D eigenvalue weighted by Crippen LogP contribution is -2.47. The number of nitrogens with one attached hydrogen (secondary N) is 1. The molecule has 1 heterocycles. The van der Waals surface area contributed by atoms with Gasteiger partial charge in [0, 0.05) is 16.8 Å². The molecule has 3 nitrogen and oxygen atoms in total. The Morgan fingerprint density at radius 3 is 2.86 bits per heavy atom. The third-order valence-corrected chi connectivity index (χ3v) is 5.28. The standard InChI is InChI=1S/C17H23NO2S/c1-20-16(19)13-5-3-12(4-6-13)15-11-17(7-8-18-15)9-14(10-17)21-2/h3-6,14-15,18H,7-11H2,1-2H3/t14?,15-,17?/m0/s1/i2D3,14D. The highest BCUT2D eigenvalue weighted by atomic mass is 32.2. The summed E-state index contributed by atoms with van der Waals surface area (Å²) in [7, 11) is 1.36. The van der Waals surface area contributed by atoms with E-state index in [1.807, 2.05) is 12.1 Å². The molecule has 1 aliphatic heterocycles. The minimum Gasteiger partial charge on any atom is -0.465 e. The maximum Gasteiger partial charge on any atom is 0.337 e. The molecular formula is C17H23NO2S. The van der Waals surface area contributed by atoms with Gasteiger partial charge in [0.1, 0.15) is 0 Å². The number of benzene rings is 1. The quantitative estimate of drug-likeness (QED) is 0.868. The number of rotatable bonds is 3. The minimum absolute atomic E-state index is 0.0525. The maximum atomic E-state index is 11.5. The largest absolute Gasteiger partial charge is 0.465 e. The van der Waals surface area contributed by atoms with Crippen LogP contribution in [0.1, 0.15) is 53.1 Å². The van der Waals surface area contributed by atoms with Gasteiger partial charge in [-0.1, -0.05) is 12.1 Å². The number of piperidine rings is 1.